The fourth-order valence-electron chi connectivity index (χ4n) is 3.49. The van der Waals surface area contributed by atoms with Gasteiger partial charge in [-0.25, -0.2) is 0 Å². The number of hydrogen-bond acceptors (Lipinski definition) is 5. The van der Waals surface area contributed by atoms with Crippen LogP contribution in [0.2, 0.25) is 0 Å². The monoisotopic (exact) mass is 334 g/mol. The zero-order valence-corrected chi connectivity index (χ0v) is 14.4. The highest BCUT2D eigenvalue weighted by Crippen LogP contribution is 2.32. The van der Waals surface area contributed by atoms with Crippen molar-refractivity contribution in [2.45, 2.75) is 38.8 Å². The van der Waals surface area contributed by atoms with Crippen LogP contribution in [0.4, 0.5) is 0 Å². The lowest BCUT2D eigenvalue weighted by Gasteiger charge is -2.33. The van der Waals surface area contributed by atoms with Gasteiger partial charge in [-0.3, -0.25) is 9.88 Å². The first-order chi connectivity index (χ1) is 12.3. The lowest BCUT2D eigenvalue weighted by Crippen LogP contribution is -2.33. The normalized spacial score (nSPS) is 18.4. The second-order valence-electron chi connectivity index (χ2n) is 6.67. The van der Waals surface area contributed by atoms with E-state index in [1.165, 1.54) is 24.0 Å². The first-order valence-corrected chi connectivity index (χ1v) is 8.83. The van der Waals surface area contributed by atoms with Crippen LogP contribution in [0.3, 0.4) is 0 Å². The van der Waals surface area contributed by atoms with Crippen molar-refractivity contribution in [1.29, 1.82) is 0 Å². The third-order valence-electron chi connectivity index (χ3n) is 4.73. The van der Waals surface area contributed by atoms with Gasteiger partial charge in [-0.05, 0) is 44.0 Å². The molecule has 1 aromatic carbocycles. The van der Waals surface area contributed by atoms with Crippen LogP contribution < -0.4 is 0 Å². The summed E-state index contributed by atoms with van der Waals surface area (Å²) >= 11 is 0. The Bertz CT molecular complexity index is 830. The zero-order valence-electron chi connectivity index (χ0n) is 14.4. The third-order valence-corrected chi connectivity index (χ3v) is 4.73. The van der Waals surface area contributed by atoms with Gasteiger partial charge < -0.3 is 4.52 Å². The molecule has 1 saturated heterocycles. The van der Waals surface area contributed by atoms with Crippen molar-refractivity contribution >= 4 is 0 Å². The molecule has 0 aliphatic carbocycles. The molecule has 2 aromatic heterocycles. The third kappa shape index (κ3) is 3.61. The van der Waals surface area contributed by atoms with Crippen LogP contribution in [-0.2, 0) is 6.54 Å². The highest BCUT2D eigenvalue weighted by Gasteiger charge is 2.29. The summed E-state index contributed by atoms with van der Waals surface area (Å²) in [7, 11) is 0. The molecule has 3 heterocycles. The summed E-state index contributed by atoms with van der Waals surface area (Å²) < 4.78 is 5.62. The summed E-state index contributed by atoms with van der Waals surface area (Å²) in [5.74, 6) is 1.33. The van der Waals surface area contributed by atoms with E-state index in [0.717, 1.165) is 25.1 Å². The zero-order chi connectivity index (χ0) is 17.1. The Morgan fingerprint density at radius 1 is 1.20 bits per heavy atom. The summed E-state index contributed by atoms with van der Waals surface area (Å²) in [5.41, 5.74) is 3.51. The molecule has 0 saturated carbocycles. The van der Waals surface area contributed by atoms with Crippen molar-refractivity contribution in [3.63, 3.8) is 0 Å². The minimum atomic E-state index is 0.187. The molecule has 1 fully saturated rings. The molecule has 25 heavy (non-hydrogen) atoms. The molecule has 0 spiro atoms. The van der Waals surface area contributed by atoms with Crippen LogP contribution in [0.15, 0.2) is 53.3 Å². The maximum Gasteiger partial charge on any atom is 0.244 e. The first kappa shape index (κ1) is 16.0. The van der Waals surface area contributed by atoms with Gasteiger partial charge in [0.05, 0.1) is 6.04 Å². The average molecular weight is 334 g/mol. The SMILES string of the molecule is Cc1cccc(CN2CCCCC2c2nc(-c3cccnc3)no2)c1. The predicted octanol–water partition coefficient (Wildman–Crippen LogP) is 4.17. The van der Waals surface area contributed by atoms with Gasteiger partial charge in [0.15, 0.2) is 0 Å². The van der Waals surface area contributed by atoms with Crippen LogP contribution in [0.25, 0.3) is 11.4 Å². The maximum absolute atomic E-state index is 5.62. The molecule has 1 aliphatic heterocycles. The Hall–Kier alpha value is -2.53. The number of hydrogen-bond donors (Lipinski definition) is 0. The summed E-state index contributed by atoms with van der Waals surface area (Å²) in [4.78, 5) is 11.2. The number of piperidine rings is 1. The first-order valence-electron chi connectivity index (χ1n) is 8.83. The van der Waals surface area contributed by atoms with Crippen molar-refractivity contribution in [1.82, 2.24) is 20.0 Å². The van der Waals surface area contributed by atoms with E-state index < -0.39 is 0 Å². The van der Waals surface area contributed by atoms with Gasteiger partial charge in [0.25, 0.3) is 0 Å². The Balaban J connectivity index is 1.56. The Morgan fingerprint density at radius 3 is 3.00 bits per heavy atom. The number of pyridine rings is 1. The molecule has 1 unspecified atom stereocenters. The Morgan fingerprint density at radius 2 is 2.16 bits per heavy atom. The van der Waals surface area contributed by atoms with E-state index >= 15 is 0 Å². The van der Waals surface area contributed by atoms with E-state index in [4.69, 9.17) is 4.52 Å². The number of nitrogens with zero attached hydrogens (tertiary/aromatic N) is 4. The highest BCUT2D eigenvalue weighted by atomic mass is 16.5. The lowest BCUT2D eigenvalue weighted by molar-refractivity contribution is 0.111. The van der Waals surface area contributed by atoms with Gasteiger partial charge in [0.1, 0.15) is 0 Å². The van der Waals surface area contributed by atoms with Gasteiger partial charge in [-0.1, -0.05) is 41.4 Å². The minimum Gasteiger partial charge on any atom is -0.337 e. The largest absolute Gasteiger partial charge is 0.337 e. The number of aromatic nitrogens is 3. The van der Waals surface area contributed by atoms with Crippen LogP contribution in [0, 0.1) is 6.92 Å². The summed E-state index contributed by atoms with van der Waals surface area (Å²) in [6, 6.07) is 12.7. The molecule has 1 atom stereocenters. The molecular weight excluding hydrogens is 312 g/mol. The molecule has 1 aliphatic rings. The number of aryl methyl sites for hydroxylation is 1. The topological polar surface area (TPSA) is 55.1 Å². The predicted molar refractivity (Wildman–Crippen MR) is 95.7 cm³/mol. The van der Waals surface area contributed by atoms with Crippen molar-refractivity contribution < 1.29 is 4.52 Å². The summed E-state index contributed by atoms with van der Waals surface area (Å²) in [6.45, 7) is 4.11. The Kier molecular flexibility index (Phi) is 4.57. The molecule has 0 amide bonds. The number of likely N-dealkylation sites (tertiary alicyclic amines) is 1. The van der Waals surface area contributed by atoms with E-state index in [2.05, 4.69) is 51.2 Å². The lowest BCUT2D eigenvalue weighted by atomic mass is 10.0. The summed E-state index contributed by atoms with van der Waals surface area (Å²) in [5, 5.41) is 4.16. The van der Waals surface area contributed by atoms with Gasteiger partial charge in [-0.2, -0.15) is 4.98 Å². The van der Waals surface area contributed by atoms with Crippen molar-refractivity contribution in [3.05, 3.63) is 65.8 Å². The molecule has 5 heteroatoms. The van der Waals surface area contributed by atoms with Gasteiger partial charge in [0, 0.05) is 24.5 Å². The van der Waals surface area contributed by atoms with Gasteiger partial charge in [0.2, 0.25) is 11.7 Å². The Labute approximate surface area is 147 Å². The molecule has 0 N–H and O–H groups in total. The van der Waals surface area contributed by atoms with E-state index in [9.17, 15) is 0 Å². The summed E-state index contributed by atoms with van der Waals surface area (Å²) in [6.07, 6.45) is 6.97. The van der Waals surface area contributed by atoms with E-state index in [1.807, 2.05) is 12.1 Å². The van der Waals surface area contributed by atoms with Crippen molar-refractivity contribution in [2.24, 2.45) is 0 Å². The molecule has 4 rings (SSSR count). The smallest absolute Gasteiger partial charge is 0.244 e. The van der Waals surface area contributed by atoms with Crippen LogP contribution in [0.1, 0.15) is 42.3 Å². The quantitative estimate of drug-likeness (QED) is 0.717. The van der Waals surface area contributed by atoms with E-state index in [1.54, 1.807) is 12.4 Å². The van der Waals surface area contributed by atoms with Crippen molar-refractivity contribution in [3.8, 4) is 11.4 Å². The molecule has 3 aromatic rings. The molecule has 0 radical (unpaired) electrons. The molecular formula is C20H22N4O. The maximum atomic E-state index is 5.62. The molecule has 5 nitrogen and oxygen atoms in total. The van der Waals surface area contributed by atoms with Crippen LogP contribution in [0.5, 0.6) is 0 Å². The molecule has 0 bridgehead atoms. The second kappa shape index (κ2) is 7.15. The number of rotatable bonds is 4. The fourth-order valence-corrected chi connectivity index (χ4v) is 3.49. The highest BCUT2D eigenvalue weighted by molar-refractivity contribution is 5.51. The van der Waals surface area contributed by atoms with Gasteiger partial charge in [-0.15, -0.1) is 0 Å². The standard InChI is InChI=1S/C20H22N4O/c1-15-6-4-7-16(12-15)14-24-11-3-2-9-18(24)20-22-19(23-25-20)17-8-5-10-21-13-17/h4-8,10,12-13,18H,2-3,9,11,14H2,1H3. The van der Waals surface area contributed by atoms with E-state index in [0.29, 0.717) is 11.7 Å². The van der Waals surface area contributed by atoms with E-state index in [-0.39, 0.29) is 6.04 Å². The second-order valence-corrected chi connectivity index (χ2v) is 6.67. The van der Waals surface area contributed by atoms with Crippen LogP contribution in [-0.4, -0.2) is 26.6 Å². The van der Waals surface area contributed by atoms with Crippen molar-refractivity contribution in [2.75, 3.05) is 6.54 Å². The minimum absolute atomic E-state index is 0.187. The number of benzene rings is 1. The van der Waals surface area contributed by atoms with Gasteiger partial charge >= 0.3 is 0 Å². The molecule has 128 valence electrons. The van der Waals surface area contributed by atoms with Crippen LogP contribution >= 0.6 is 0 Å². The average Bonchev–Trinajstić information content (AvgIpc) is 3.13. The fraction of sp³-hybridized carbons (Fsp3) is 0.350.